The van der Waals surface area contributed by atoms with Gasteiger partial charge in [-0.15, -0.1) is 6.58 Å². The van der Waals surface area contributed by atoms with Crippen LogP contribution in [-0.4, -0.2) is 109 Å². The number of carbonyl (C=O) groups excluding carboxylic acids is 7. The summed E-state index contributed by atoms with van der Waals surface area (Å²) in [6, 6.07) is 24.2. The largest absolute Gasteiger partial charge is 0.461 e. The van der Waals surface area contributed by atoms with Crippen molar-refractivity contribution < 1.29 is 71.5 Å². The van der Waals surface area contributed by atoms with Crippen LogP contribution in [0.2, 0.25) is 18.1 Å². The summed E-state index contributed by atoms with van der Waals surface area (Å²) in [6.07, 6.45) is -7.39. The number of aliphatic hydroxyl groups is 1. The molecule has 3 aromatic rings. The van der Waals surface area contributed by atoms with Crippen molar-refractivity contribution in [1.29, 1.82) is 0 Å². The van der Waals surface area contributed by atoms with Crippen molar-refractivity contribution in [1.82, 2.24) is 5.32 Å². The Balaban J connectivity index is 1.47. The van der Waals surface area contributed by atoms with Crippen molar-refractivity contribution >= 4 is 49.9 Å². The number of amides is 1. The Morgan fingerprint density at radius 2 is 1.45 bits per heavy atom. The molecule has 0 aromatic heterocycles. The van der Waals surface area contributed by atoms with Gasteiger partial charge >= 0.3 is 29.8 Å². The summed E-state index contributed by atoms with van der Waals surface area (Å²) in [5, 5.41) is 16.9. The summed E-state index contributed by atoms with van der Waals surface area (Å²) in [5.41, 5.74) is -6.87. The maximum Gasteiger partial charge on any atom is 0.338 e. The van der Waals surface area contributed by atoms with Crippen LogP contribution in [0, 0.1) is 16.7 Å². The third-order valence-electron chi connectivity index (χ3n) is 16.7. The lowest BCUT2D eigenvalue weighted by Gasteiger charge is -2.67. The predicted molar refractivity (Wildman–Crippen MR) is 282 cm³/mol. The van der Waals surface area contributed by atoms with Gasteiger partial charge in [-0.3, -0.25) is 24.0 Å². The van der Waals surface area contributed by atoms with Crippen LogP contribution < -0.4 is 5.32 Å². The molecule has 4 aliphatic rings. The minimum absolute atomic E-state index is 0.0307. The molecular weight excluding hydrogens is 991 g/mol. The van der Waals surface area contributed by atoms with Crippen LogP contribution in [0.5, 0.6) is 0 Å². The van der Waals surface area contributed by atoms with Crippen LogP contribution in [0.1, 0.15) is 127 Å². The third-order valence-corrected chi connectivity index (χ3v) is 21.2. The molecule has 0 unspecified atom stereocenters. The van der Waals surface area contributed by atoms with Gasteiger partial charge in [0.05, 0.1) is 29.5 Å². The zero-order chi connectivity index (χ0) is 55.8. The van der Waals surface area contributed by atoms with Gasteiger partial charge < -0.3 is 43.3 Å². The number of fused-ring (bicyclic) bond motifs is 5. The fourth-order valence-electron chi connectivity index (χ4n) is 11.5. The minimum Gasteiger partial charge on any atom is -0.461 e. The molecule has 408 valence electrons. The fraction of sp³-hybridized carbons (Fsp3) is 0.508. The molecule has 11 atom stereocenters. The van der Waals surface area contributed by atoms with Gasteiger partial charge in [0.25, 0.3) is 5.91 Å². The molecule has 1 aliphatic heterocycles. The first kappa shape index (κ1) is 57.4. The lowest BCUT2D eigenvalue weighted by Crippen LogP contribution is -2.82. The standard InChI is InChI=1S/C59H73NO15Si/c1-13-14-18-31-44(63)72-42-32-43-58(34-69-43,74-37(4)62)49-51(73-53(66)40-29-23-17-24-30-40)59(68)33-41(35(2)45(56(59,8)9)47(70-36(3)61)50(64)57(42,49)10)71-54(67)48(75-76(11,12)55(5,6)7)46(38-25-19-15-20-26-38)60-52(65)39-27-21-16-22-28-39/h13,15-17,19-30,41-43,46-49,51,68H,1,14,18,31-34H2,2-12H3,(H,60,65)/t41-,42-,43+,46+,47+,48-,49-,51-,57+,58-,59+/m0/s1. The molecule has 0 radical (unpaired) electrons. The molecule has 76 heavy (non-hydrogen) atoms. The third kappa shape index (κ3) is 10.7. The van der Waals surface area contributed by atoms with Crippen molar-refractivity contribution in [3.05, 3.63) is 131 Å². The maximum atomic E-state index is 16.4. The molecule has 7 rings (SSSR count). The predicted octanol–water partition coefficient (Wildman–Crippen LogP) is 8.67. The van der Waals surface area contributed by atoms with Gasteiger partial charge in [-0.25, -0.2) is 9.59 Å². The number of benzene rings is 3. The Labute approximate surface area is 446 Å². The minimum atomic E-state index is -2.97. The Bertz CT molecular complexity index is 2740. The monoisotopic (exact) mass is 1060 g/mol. The number of carbonyl (C=O) groups is 7. The molecule has 2 N–H and O–H groups in total. The van der Waals surface area contributed by atoms with E-state index in [0.29, 0.717) is 24.0 Å². The number of rotatable bonds is 17. The highest BCUT2D eigenvalue weighted by Crippen LogP contribution is 2.65. The Morgan fingerprint density at radius 3 is 1.99 bits per heavy atom. The highest BCUT2D eigenvalue weighted by Gasteiger charge is 2.79. The van der Waals surface area contributed by atoms with Gasteiger partial charge in [-0.1, -0.05) is 107 Å². The van der Waals surface area contributed by atoms with E-state index in [1.807, 2.05) is 33.9 Å². The Hall–Kier alpha value is -6.27. The maximum absolute atomic E-state index is 16.4. The van der Waals surface area contributed by atoms with E-state index in [9.17, 15) is 29.1 Å². The van der Waals surface area contributed by atoms with E-state index in [4.69, 9.17) is 32.8 Å². The SMILES string of the molecule is C=CCCCC(=O)O[C@H]1C[C@H]2OC[C@@]2(OC(C)=O)[C@H]2[C@H](OC(=O)c3ccccc3)[C@]3(O)C[C@H](OC(=O)[C@@H](O[Si](C)(C)C(C)(C)C)[C@H](NC(=O)c4ccccc4)c4ccccc4)C(C)=C([C@@H](OC(C)=O)C(=O)[C@]12C)C3(C)C. The fourth-order valence-corrected chi connectivity index (χ4v) is 12.8. The van der Waals surface area contributed by atoms with Crippen molar-refractivity contribution in [2.45, 2.75) is 166 Å². The van der Waals surface area contributed by atoms with Gasteiger partial charge in [0.15, 0.2) is 31.9 Å². The van der Waals surface area contributed by atoms with Gasteiger partial charge in [0, 0.05) is 44.1 Å². The number of hydrogen-bond donors (Lipinski definition) is 2. The summed E-state index contributed by atoms with van der Waals surface area (Å²) < 4.78 is 45.2. The summed E-state index contributed by atoms with van der Waals surface area (Å²) in [5.74, 6) is -7.13. The summed E-state index contributed by atoms with van der Waals surface area (Å²) in [6.45, 7) is 21.9. The van der Waals surface area contributed by atoms with Gasteiger partial charge in [0.2, 0.25) is 0 Å². The van der Waals surface area contributed by atoms with Gasteiger partial charge in [-0.2, -0.15) is 0 Å². The number of allylic oxidation sites excluding steroid dienone is 1. The zero-order valence-corrected chi connectivity index (χ0v) is 46.5. The van der Waals surface area contributed by atoms with Crippen molar-refractivity contribution in [2.75, 3.05) is 6.61 Å². The van der Waals surface area contributed by atoms with Crippen molar-refractivity contribution in [3.63, 3.8) is 0 Å². The molecule has 1 saturated heterocycles. The quantitative estimate of drug-likeness (QED) is 0.0425. The van der Waals surface area contributed by atoms with Crippen LogP contribution in [0.15, 0.2) is 115 Å². The molecule has 3 aromatic carbocycles. The number of Topliss-reactive ketones (excluding diaryl/α,β-unsaturated/α-hetero) is 1. The number of ketones is 1. The average Bonchev–Trinajstić information content (AvgIpc) is 3.38. The first-order valence-corrected chi connectivity index (χ1v) is 28.9. The number of nitrogens with one attached hydrogen (secondary N) is 1. The number of ether oxygens (including phenoxy) is 6. The second kappa shape index (κ2) is 22.0. The smallest absolute Gasteiger partial charge is 0.338 e. The lowest BCUT2D eigenvalue weighted by molar-refractivity contribution is -0.346. The van der Waals surface area contributed by atoms with Crippen LogP contribution in [0.25, 0.3) is 0 Å². The summed E-state index contributed by atoms with van der Waals surface area (Å²) in [7, 11) is -2.97. The second-order valence-electron chi connectivity index (χ2n) is 22.9. The van der Waals surface area contributed by atoms with E-state index < -0.39 is 132 Å². The summed E-state index contributed by atoms with van der Waals surface area (Å²) in [4.78, 5) is 102. The molecule has 1 amide bonds. The van der Waals surface area contributed by atoms with Crippen LogP contribution >= 0.6 is 0 Å². The Morgan fingerprint density at radius 1 is 0.855 bits per heavy atom. The topological polar surface area (TPSA) is 216 Å². The second-order valence-corrected chi connectivity index (χ2v) is 27.6. The van der Waals surface area contributed by atoms with Gasteiger partial charge in [0.1, 0.15) is 30.0 Å². The Kier molecular flexibility index (Phi) is 16.6. The highest BCUT2D eigenvalue weighted by atomic mass is 28.4. The first-order valence-electron chi connectivity index (χ1n) is 26.0. The van der Waals surface area contributed by atoms with E-state index in [1.165, 1.54) is 26.0 Å². The first-order chi connectivity index (χ1) is 35.6. The highest BCUT2D eigenvalue weighted by molar-refractivity contribution is 6.74. The molecule has 2 saturated carbocycles. The number of esters is 5. The molecule has 3 fully saturated rings. The van der Waals surface area contributed by atoms with E-state index in [2.05, 4.69) is 11.9 Å². The molecule has 1 heterocycles. The lowest BCUT2D eigenvalue weighted by atomic mass is 9.44. The van der Waals surface area contributed by atoms with Crippen LogP contribution in [0.3, 0.4) is 0 Å². The average molecular weight is 1060 g/mol. The van der Waals surface area contributed by atoms with Crippen molar-refractivity contribution in [3.8, 4) is 0 Å². The molecule has 3 aliphatic carbocycles. The molecule has 0 spiro atoms. The molecule has 2 bridgehead atoms. The van der Waals surface area contributed by atoms with E-state index in [1.54, 1.807) is 106 Å². The zero-order valence-electron chi connectivity index (χ0n) is 45.5. The van der Waals surface area contributed by atoms with E-state index in [-0.39, 0.29) is 36.2 Å². The van der Waals surface area contributed by atoms with E-state index in [0.717, 1.165) is 6.92 Å². The van der Waals surface area contributed by atoms with Crippen LogP contribution in [0.4, 0.5) is 0 Å². The molecule has 17 heteroatoms. The number of unbranched alkanes of at least 4 members (excludes halogenated alkanes) is 1. The van der Waals surface area contributed by atoms with E-state index >= 15 is 9.59 Å². The normalized spacial score (nSPS) is 28.5. The van der Waals surface area contributed by atoms with Gasteiger partial charge in [-0.05, 0) is 85.8 Å². The van der Waals surface area contributed by atoms with Crippen LogP contribution in [-0.2, 0) is 56.8 Å². The number of hydrogen-bond acceptors (Lipinski definition) is 15. The van der Waals surface area contributed by atoms with Crippen molar-refractivity contribution in [2.24, 2.45) is 16.7 Å². The molecular formula is C59H73NO15Si. The summed E-state index contributed by atoms with van der Waals surface area (Å²) >= 11 is 0. The molecule has 16 nitrogen and oxygen atoms in total.